The molecule has 24 heavy (non-hydrogen) atoms. The van der Waals surface area contributed by atoms with Crippen LogP contribution in [0.1, 0.15) is 82.4 Å². The lowest BCUT2D eigenvalue weighted by molar-refractivity contribution is 0.208. The molecule has 1 heterocycles. The third kappa shape index (κ3) is 5.59. The Balaban J connectivity index is 1.67. The van der Waals surface area contributed by atoms with Crippen LogP contribution >= 0.6 is 0 Å². The standard InChI is InChI=1S/C20H33N3O/c1-2-3-4-5-6-7-8-9-16(14-24)10-11-17-12-13-18-19(17)22-15-23-20(18)21/h12,15-16,24H,2-11,13-14H2,1H3,(H2,21,22,23)/t16-/m1/s1. The summed E-state index contributed by atoms with van der Waals surface area (Å²) in [5, 5.41) is 9.65. The molecule has 0 saturated heterocycles. The Morgan fingerprint density at radius 1 is 1.08 bits per heavy atom. The van der Waals surface area contributed by atoms with Gasteiger partial charge in [-0.25, -0.2) is 9.97 Å². The van der Waals surface area contributed by atoms with E-state index in [1.807, 2.05) is 0 Å². The first-order chi connectivity index (χ1) is 11.8. The summed E-state index contributed by atoms with van der Waals surface area (Å²) in [6.45, 7) is 2.55. The van der Waals surface area contributed by atoms with E-state index in [1.54, 1.807) is 6.33 Å². The van der Waals surface area contributed by atoms with Gasteiger partial charge in [-0.05, 0) is 37.2 Å². The van der Waals surface area contributed by atoms with Gasteiger partial charge >= 0.3 is 0 Å². The quantitative estimate of drug-likeness (QED) is 0.552. The molecule has 3 N–H and O–H groups in total. The van der Waals surface area contributed by atoms with Gasteiger partial charge in [-0.15, -0.1) is 0 Å². The summed E-state index contributed by atoms with van der Waals surface area (Å²) in [5.74, 6) is 1.01. The third-order valence-corrected chi connectivity index (χ3v) is 5.13. The molecule has 0 bridgehead atoms. The van der Waals surface area contributed by atoms with Crippen molar-refractivity contribution in [2.75, 3.05) is 12.3 Å². The first kappa shape index (κ1) is 18.9. The molecule has 0 radical (unpaired) electrons. The van der Waals surface area contributed by atoms with Gasteiger partial charge in [-0.1, -0.05) is 57.9 Å². The van der Waals surface area contributed by atoms with Gasteiger partial charge in [0.15, 0.2) is 0 Å². The maximum Gasteiger partial charge on any atom is 0.130 e. The number of aliphatic hydroxyl groups excluding tert-OH is 1. The molecule has 0 aliphatic heterocycles. The number of rotatable bonds is 12. The van der Waals surface area contributed by atoms with Crippen molar-refractivity contribution in [3.8, 4) is 0 Å². The van der Waals surface area contributed by atoms with Crippen molar-refractivity contribution < 1.29 is 5.11 Å². The normalized spacial score (nSPS) is 14.5. The fourth-order valence-corrected chi connectivity index (χ4v) is 3.52. The largest absolute Gasteiger partial charge is 0.396 e. The summed E-state index contributed by atoms with van der Waals surface area (Å²) >= 11 is 0. The average Bonchev–Trinajstić information content (AvgIpc) is 3.01. The Bertz CT molecular complexity index is 528. The number of aromatic nitrogens is 2. The van der Waals surface area contributed by atoms with Crippen molar-refractivity contribution in [3.05, 3.63) is 23.7 Å². The van der Waals surface area contributed by atoms with Crippen molar-refractivity contribution in [1.82, 2.24) is 9.97 Å². The second-order valence-corrected chi connectivity index (χ2v) is 7.02. The summed E-state index contributed by atoms with van der Waals surface area (Å²) in [5.41, 5.74) is 9.28. The number of hydrogen-bond acceptors (Lipinski definition) is 4. The van der Waals surface area contributed by atoms with Crippen LogP contribution in [-0.2, 0) is 6.42 Å². The second kappa shape index (κ2) is 10.4. The lowest BCUT2D eigenvalue weighted by Gasteiger charge is -2.14. The molecule has 4 nitrogen and oxygen atoms in total. The van der Waals surface area contributed by atoms with E-state index < -0.39 is 0 Å². The van der Waals surface area contributed by atoms with E-state index in [2.05, 4.69) is 23.0 Å². The van der Waals surface area contributed by atoms with Crippen LogP contribution in [0.3, 0.4) is 0 Å². The summed E-state index contributed by atoms with van der Waals surface area (Å²) in [7, 11) is 0. The Labute approximate surface area is 146 Å². The molecule has 0 fully saturated rings. The summed E-state index contributed by atoms with van der Waals surface area (Å²) in [4.78, 5) is 8.46. The number of fused-ring (bicyclic) bond motifs is 1. The van der Waals surface area contributed by atoms with Crippen molar-refractivity contribution in [1.29, 1.82) is 0 Å². The predicted octanol–water partition coefficient (Wildman–Crippen LogP) is 4.53. The van der Waals surface area contributed by atoms with Crippen LogP contribution in [0.25, 0.3) is 5.57 Å². The van der Waals surface area contributed by atoms with Gasteiger partial charge in [-0.3, -0.25) is 0 Å². The highest BCUT2D eigenvalue weighted by atomic mass is 16.3. The smallest absolute Gasteiger partial charge is 0.130 e. The Hall–Kier alpha value is -1.42. The van der Waals surface area contributed by atoms with Crippen LogP contribution in [0.5, 0.6) is 0 Å². The summed E-state index contributed by atoms with van der Waals surface area (Å²) in [6.07, 6.45) is 17.0. The van der Waals surface area contributed by atoms with Crippen molar-refractivity contribution in [2.45, 2.75) is 77.6 Å². The van der Waals surface area contributed by atoms with Gasteiger partial charge in [0.1, 0.15) is 12.1 Å². The lowest BCUT2D eigenvalue weighted by Crippen LogP contribution is -2.07. The van der Waals surface area contributed by atoms with E-state index in [1.165, 1.54) is 50.5 Å². The highest BCUT2D eigenvalue weighted by Crippen LogP contribution is 2.32. The molecule has 0 amide bonds. The summed E-state index contributed by atoms with van der Waals surface area (Å²) in [6, 6.07) is 0. The van der Waals surface area contributed by atoms with Crippen LogP contribution < -0.4 is 5.73 Å². The zero-order chi connectivity index (χ0) is 17.2. The van der Waals surface area contributed by atoms with Gasteiger partial charge in [0.05, 0.1) is 5.69 Å². The lowest BCUT2D eigenvalue weighted by atomic mass is 9.94. The average molecular weight is 332 g/mol. The number of unbranched alkanes of at least 4 members (excludes halogenated alkanes) is 6. The molecular weight excluding hydrogens is 298 g/mol. The predicted molar refractivity (Wildman–Crippen MR) is 101 cm³/mol. The van der Waals surface area contributed by atoms with Crippen molar-refractivity contribution >= 4 is 11.4 Å². The molecule has 0 spiro atoms. The van der Waals surface area contributed by atoms with Crippen LogP contribution in [0.15, 0.2) is 12.4 Å². The van der Waals surface area contributed by atoms with E-state index in [4.69, 9.17) is 5.73 Å². The van der Waals surface area contributed by atoms with Crippen molar-refractivity contribution in [2.24, 2.45) is 5.92 Å². The number of nitrogens with zero attached hydrogens (tertiary/aromatic N) is 2. The topological polar surface area (TPSA) is 72.0 Å². The monoisotopic (exact) mass is 331 g/mol. The molecule has 1 aromatic heterocycles. The Kier molecular flexibility index (Phi) is 8.23. The molecule has 0 saturated carbocycles. The van der Waals surface area contributed by atoms with Crippen LogP contribution in [0, 0.1) is 5.92 Å². The minimum absolute atomic E-state index is 0.294. The van der Waals surface area contributed by atoms with Gasteiger partial charge in [-0.2, -0.15) is 0 Å². The number of hydrogen-bond donors (Lipinski definition) is 2. The molecule has 1 aliphatic carbocycles. The van der Waals surface area contributed by atoms with E-state index in [9.17, 15) is 5.11 Å². The number of nitrogen functional groups attached to an aromatic ring is 1. The molecule has 134 valence electrons. The summed E-state index contributed by atoms with van der Waals surface area (Å²) < 4.78 is 0. The van der Waals surface area contributed by atoms with E-state index in [-0.39, 0.29) is 0 Å². The van der Waals surface area contributed by atoms with Crippen LogP contribution in [0.2, 0.25) is 0 Å². The molecule has 1 aliphatic rings. The SMILES string of the molecule is CCCCCCCCC[C@@H](CO)CCC1=CCc2c(N)ncnc21. The highest BCUT2D eigenvalue weighted by molar-refractivity contribution is 5.73. The van der Waals surface area contributed by atoms with Gasteiger partial charge in [0, 0.05) is 12.2 Å². The molecule has 1 atom stereocenters. The Morgan fingerprint density at radius 2 is 1.83 bits per heavy atom. The zero-order valence-electron chi connectivity index (χ0n) is 15.1. The van der Waals surface area contributed by atoms with E-state index in [0.717, 1.165) is 36.9 Å². The molecule has 0 unspecified atom stereocenters. The van der Waals surface area contributed by atoms with E-state index >= 15 is 0 Å². The zero-order valence-corrected chi connectivity index (χ0v) is 15.1. The number of allylic oxidation sites excluding steroid dienone is 2. The molecule has 4 heteroatoms. The molecule has 2 rings (SSSR count). The van der Waals surface area contributed by atoms with Gasteiger partial charge in [0.25, 0.3) is 0 Å². The number of nitrogens with two attached hydrogens (primary N) is 1. The number of anilines is 1. The first-order valence-electron chi connectivity index (χ1n) is 9.65. The maximum absolute atomic E-state index is 9.65. The van der Waals surface area contributed by atoms with Gasteiger partial charge in [0.2, 0.25) is 0 Å². The van der Waals surface area contributed by atoms with Crippen LogP contribution in [0.4, 0.5) is 5.82 Å². The minimum Gasteiger partial charge on any atom is -0.396 e. The highest BCUT2D eigenvalue weighted by Gasteiger charge is 2.19. The number of aliphatic hydroxyl groups is 1. The third-order valence-electron chi connectivity index (χ3n) is 5.13. The van der Waals surface area contributed by atoms with Crippen LogP contribution in [-0.4, -0.2) is 21.7 Å². The first-order valence-corrected chi connectivity index (χ1v) is 9.65. The molecule has 1 aromatic rings. The maximum atomic E-state index is 9.65. The molecule has 0 aromatic carbocycles. The van der Waals surface area contributed by atoms with Gasteiger partial charge < -0.3 is 10.8 Å². The fraction of sp³-hybridized carbons (Fsp3) is 0.700. The van der Waals surface area contributed by atoms with E-state index in [0.29, 0.717) is 18.3 Å². The Morgan fingerprint density at radius 3 is 2.58 bits per heavy atom. The van der Waals surface area contributed by atoms with Crippen molar-refractivity contribution in [3.63, 3.8) is 0 Å². The second-order valence-electron chi connectivity index (χ2n) is 7.02. The fourth-order valence-electron chi connectivity index (χ4n) is 3.52. The molecular formula is C20H33N3O. The minimum atomic E-state index is 0.294.